The van der Waals surface area contributed by atoms with Gasteiger partial charge in [0.1, 0.15) is 6.42 Å². The second kappa shape index (κ2) is 7.43. The molecule has 0 saturated heterocycles. The number of hydrogen-bond acceptors (Lipinski definition) is 4. The molecule has 0 heterocycles. The van der Waals surface area contributed by atoms with Crippen molar-refractivity contribution in [3.63, 3.8) is 0 Å². The molecule has 0 saturated carbocycles. The monoisotopic (exact) mass is 232 g/mol. The van der Waals surface area contributed by atoms with E-state index in [-0.39, 0.29) is 17.5 Å². The van der Waals surface area contributed by atoms with Crippen LogP contribution in [0.4, 0.5) is 0 Å². The zero-order valence-corrected chi connectivity index (χ0v) is 8.62. The molecule has 0 radical (unpaired) electrons. The molecule has 0 spiro atoms. The molecule has 1 aromatic rings. The third-order valence-electron chi connectivity index (χ3n) is 1.54. The van der Waals surface area contributed by atoms with Crippen molar-refractivity contribution in [3.05, 3.63) is 35.4 Å². The number of nitrogens with zero attached hydrogens (tertiary/aromatic N) is 2. The lowest BCUT2D eigenvalue weighted by Crippen LogP contribution is -1.99. The minimum Gasteiger partial charge on any atom is -0.478 e. The maximum absolute atomic E-state index is 10.3. The quantitative estimate of drug-likeness (QED) is 0.796. The van der Waals surface area contributed by atoms with Crippen molar-refractivity contribution in [2.45, 2.75) is 6.42 Å². The van der Waals surface area contributed by atoms with Crippen molar-refractivity contribution in [1.29, 1.82) is 10.5 Å². The maximum atomic E-state index is 10.3. The smallest absolute Gasteiger partial charge is 0.335 e. The first-order chi connectivity index (χ1) is 8.02. The first-order valence-electron chi connectivity index (χ1n) is 4.33. The average Bonchev–Trinajstić information content (AvgIpc) is 2.31. The Balaban J connectivity index is 0.000000437. The number of carbonyl (C=O) groups is 2. The molecule has 17 heavy (non-hydrogen) atoms. The van der Waals surface area contributed by atoms with E-state index in [0.29, 0.717) is 0 Å². The van der Waals surface area contributed by atoms with E-state index in [1.54, 1.807) is 12.1 Å². The van der Waals surface area contributed by atoms with E-state index in [0.717, 1.165) is 0 Å². The summed E-state index contributed by atoms with van der Waals surface area (Å²) in [7, 11) is 0. The van der Waals surface area contributed by atoms with Crippen LogP contribution in [-0.4, -0.2) is 22.2 Å². The minimum atomic E-state index is -1.06. The molecule has 0 aromatic heterocycles. The normalized spacial score (nSPS) is 7.88. The summed E-state index contributed by atoms with van der Waals surface area (Å²) < 4.78 is 0. The third-order valence-corrected chi connectivity index (χ3v) is 1.54. The molecular formula is C11H8N2O4. The van der Waals surface area contributed by atoms with Crippen molar-refractivity contribution < 1.29 is 19.8 Å². The van der Waals surface area contributed by atoms with Gasteiger partial charge in [0.15, 0.2) is 0 Å². The molecule has 0 unspecified atom stereocenters. The molecule has 6 heteroatoms. The van der Waals surface area contributed by atoms with Crippen LogP contribution in [0.1, 0.15) is 27.1 Å². The summed E-state index contributed by atoms with van der Waals surface area (Å²) in [5.41, 5.74) is 0.167. The van der Waals surface area contributed by atoms with E-state index in [9.17, 15) is 9.59 Å². The Morgan fingerprint density at radius 2 is 1.24 bits per heavy atom. The number of benzene rings is 1. The predicted molar refractivity (Wildman–Crippen MR) is 56.2 cm³/mol. The fourth-order valence-electron chi connectivity index (χ4n) is 0.791. The van der Waals surface area contributed by atoms with Gasteiger partial charge in [-0.3, -0.25) is 0 Å². The summed E-state index contributed by atoms with van der Waals surface area (Å²) in [5, 5.41) is 32.1. The van der Waals surface area contributed by atoms with Crippen molar-refractivity contribution >= 4 is 11.9 Å². The van der Waals surface area contributed by atoms with E-state index in [4.69, 9.17) is 20.7 Å². The standard InChI is InChI=1S/C8H6O4.C3H2N2/c9-7(10)5-1-2-6(4-3-5)8(11)12;4-2-1-3-5/h1-4H,(H,9,10)(H,11,12);1H2. The number of aromatic carboxylic acids is 2. The number of hydrogen-bond donors (Lipinski definition) is 2. The summed E-state index contributed by atoms with van der Waals surface area (Å²) in [6.45, 7) is 0. The SMILES string of the molecule is N#CCC#N.O=C(O)c1ccc(C(=O)O)cc1. The largest absolute Gasteiger partial charge is 0.478 e. The van der Waals surface area contributed by atoms with Crippen LogP contribution in [0.5, 0.6) is 0 Å². The maximum Gasteiger partial charge on any atom is 0.335 e. The highest BCUT2D eigenvalue weighted by atomic mass is 16.4. The molecule has 0 amide bonds. The molecule has 1 aromatic carbocycles. The molecule has 2 N–H and O–H groups in total. The van der Waals surface area contributed by atoms with Crippen molar-refractivity contribution in [2.24, 2.45) is 0 Å². The van der Waals surface area contributed by atoms with Crippen molar-refractivity contribution in [2.75, 3.05) is 0 Å². The molecular weight excluding hydrogens is 224 g/mol. The summed E-state index contributed by atoms with van der Waals surface area (Å²) in [4.78, 5) is 20.7. The Bertz CT molecular complexity index is 435. The highest BCUT2D eigenvalue weighted by Crippen LogP contribution is 2.03. The lowest BCUT2D eigenvalue weighted by molar-refractivity contribution is 0.0681. The lowest BCUT2D eigenvalue weighted by Gasteiger charge is -1.94. The molecule has 6 nitrogen and oxygen atoms in total. The lowest BCUT2D eigenvalue weighted by atomic mass is 10.1. The zero-order valence-electron chi connectivity index (χ0n) is 8.62. The van der Waals surface area contributed by atoms with Gasteiger partial charge in [0, 0.05) is 0 Å². The minimum absolute atomic E-state index is 0. The second-order valence-electron chi connectivity index (χ2n) is 2.68. The Kier molecular flexibility index (Phi) is 6.18. The first kappa shape index (κ1) is 14.1. The first-order valence-corrected chi connectivity index (χ1v) is 4.33. The fourth-order valence-corrected chi connectivity index (χ4v) is 0.791. The van der Waals surface area contributed by atoms with Crippen LogP contribution >= 0.6 is 0 Å². The fraction of sp³-hybridized carbons (Fsp3) is 0.0909. The highest BCUT2D eigenvalue weighted by molar-refractivity contribution is 5.91. The number of carboxylic acids is 2. The van der Waals surface area contributed by atoms with Gasteiger partial charge in [-0.25, -0.2) is 9.59 Å². The van der Waals surface area contributed by atoms with E-state index < -0.39 is 11.9 Å². The van der Waals surface area contributed by atoms with Gasteiger partial charge in [-0.15, -0.1) is 0 Å². The van der Waals surface area contributed by atoms with Gasteiger partial charge < -0.3 is 10.2 Å². The van der Waals surface area contributed by atoms with Crippen LogP contribution in [0.2, 0.25) is 0 Å². The second-order valence-corrected chi connectivity index (χ2v) is 2.68. The summed E-state index contributed by atoms with van der Waals surface area (Å²) in [6.07, 6.45) is 0. The summed E-state index contributed by atoms with van der Waals surface area (Å²) in [5.74, 6) is -2.13. The summed E-state index contributed by atoms with van der Waals surface area (Å²) in [6, 6.07) is 8.34. The van der Waals surface area contributed by atoms with E-state index in [2.05, 4.69) is 0 Å². The number of nitriles is 2. The van der Waals surface area contributed by atoms with Gasteiger partial charge >= 0.3 is 11.9 Å². The molecule has 0 fully saturated rings. The predicted octanol–water partition coefficient (Wildman–Crippen LogP) is 1.51. The van der Waals surface area contributed by atoms with Crippen molar-refractivity contribution in [3.8, 4) is 12.1 Å². The molecule has 0 aliphatic rings. The van der Waals surface area contributed by atoms with Gasteiger partial charge in [0.05, 0.1) is 23.3 Å². The summed E-state index contributed by atoms with van der Waals surface area (Å²) >= 11 is 0. The Morgan fingerprint density at radius 1 is 0.941 bits per heavy atom. The van der Waals surface area contributed by atoms with Crippen LogP contribution in [0.3, 0.4) is 0 Å². The third kappa shape index (κ3) is 5.55. The molecule has 0 aliphatic heterocycles. The molecule has 0 aliphatic carbocycles. The van der Waals surface area contributed by atoms with Crippen LogP contribution in [0.15, 0.2) is 24.3 Å². The van der Waals surface area contributed by atoms with E-state index in [1.807, 2.05) is 0 Å². The van der Waals surface area contributed by atoms with Gasteiger partial charge in [0.25, 0.3) is 0 Å². The van der Waals surface area contributed by atoms with Gasteiger partial charge in [-0.05, 0) is 24.3 Å². The van der Waals surface area contributed by atoms with Crippen LogP contribution in [0, 0.1) is 22.7 Å². The molecule has 0 atom stereocenters. The van der Waals surface area contributed by atoms with Crippen LogP contribution in [0.25, 0.3) is 0 Å². The van der Waals surface area contributed by atoms with E-state index in [1.165, 1.54) is 24.3 Å². The van der Waals surface area contributed by atoms with Crippen LogP contribution in [-0.2, 0) is 0 Å². The Morgan fingerprint density at radius 3 is 1.35 bits per heavy atom. The van der Waals surface area contributed by atoms with Gasteiger partial charge in [0.2, 0.25) is 0 Å². The van der Waals surface area contributed by atoms with Crippen LogP contribution < -0.4 is 0 Å². The zero-order chi connectivity index (χ0) is 13.3. The number of carboxylic acid groups (broad SMARTS) is 2. The van der Waals surface area contributed by atoms with Crippen molar-refractivity contribution in [1.82, 2.24) is 0 Å². The average molecular weight is 232 g/mol. The molecule has 86 valence electrons. The highest BCUT2D eigenvalue weighted by Gasteiger charge is 2.04. The van der Waals surface area contributed by atoms with Gasteiger partial charge in [-0.1, -0.05) is 0 Å². The topological polar surface area (TPSA) is 122 Å². The molecule has 0 bridgehead atoms. The Hall–Kier alpha value is -2.86. The number of rotatable bonds is 2. The molecule has 1 rings (SSSR count). The van der Waals surface area contributed by atoms with E-state index >= 15 is 0 Å². The van der Waals surface area contributed by atoms with Gasteiger partial charge in [-0.2, -0.15) is 10.5 Å². The Labute approximate surface area is 97.0 Å².